The van der Waals surface area contributed by atoms with E-state index in [1.165, 1.54) is 5.69 Å². The van der Waals surface area contributed by atoms with Crippen LogP contribution in [0.4, 0.5) is 5.69 Å². The molecule has 100 valence electrons. The minimum absolute atomic E-state index is 0.280. The van der Waals surface area contributed by atoms with Crippen molar-refractivity contribution in [3.05, 3.63) is 34.7 Å². The zero-order chi connectivity index (χ0) is 13.1. The van der Waals surface area contributed by atoms with Crippen molar-refractivity contribution in [3.8, 4) is 11.4 Å². The van der Waals surface area contributed by atoms with E-state index in [0.717, 1.165) is 38.2 Å². The van der Waals surface area contributed by atoms with Gasteiger partial charge < -0.3 is 10.2 Å². The minimum atomic E-state index is -0.280. The van der Waals surface area contributed by atoms with Crippen LogP contribution in [0.25, 0.3) is 11.4 Å². The third-order valence-electron chi connectivity index (χ3n) is 3.35. The van der Waals surface area contributed by atoms with Crippen LogP contribution in [0.2, 0.25) is 0 Å². The first-order chi connectivity index (χ1) is 9.33. The van der Waals surface area contributed by atoms with Crippen LogP contribution in [0.1, 0.15) is 6.42 Å². The Morgan fingerprint density at radius 1 is 1.11 bits per heavy atom. The number of nitrogens with zero attached hydrogens (tertiary/aromatic N) is 2. The molecule has 0 atom stereocenters. The molecule has 2 heterocycles. The predicted octanol–water partition coefficient (Wildman–Crippen LogP) is 0.565. The molecule has 1 saturated heterocycles. The molecular weight excluding hydrogens is 242 g/mol. The highest BCUT2D eigenvalue weighted by molar-refractivity contribution is 5.60. The first-order valence-corrected chi connectivity index (χ1v) is 6.54. The molecule has 0 unspecified atom stereocenters. The van der Waals surface area contributed by atoms with Crippen molar-refractivity contribution in [1.82, 2.24) is 20.5 Å². The second kappa shape index (κ2) is 5.27. The Kier molecular flexibility index (Phi) is 3.33. The largest absolute Gasteiger partial charge is 0.370 e. The number of anilines is 1. The average molecular weight is 259 g/mol. The van der Waals surface area contributed by atoms with Crippen molar-refractivity contribution in [3.63, 3.8) is 0 Å². The molecule has 3 N–H and O–H groups in total. The third kappa shape index (κ3) is 2.68. The normalized spacial score (nSPS) is 16.3. The average Bonchev–Trinajstić information content (AvgIpc) is 2.72. The second-order valence-electron chi connectivity index (χ2n) is 4.66. The van der Waals surface area contributed by atoms with Gasteiger partial charge in [-0.1, -0.05) is 0 Å². The van der Waals surface area contributed by atoms with Crippen LogP contribution in [-0.4, -0.2) is 41.4 Å². The van der Waals surface area contributed by atoms with Crippen LogP contribution in [0.3, 0.4) is 0 Å². The molecule has 1 aliphatic heterocycles. The van der Waals surface area contributed by atoms with Crippen molar-refractivity contribution in [2.75, 3.05) is 31.1 Å². The molecule has 0 radical (unpaired) electrons. The van der Waals surface area contributed by atoms with E-state index in [9.17, 15) is 4.79 Å². The molecular formula is C13H17N5O. The molecule has 6 heteroatoms. The maximum absolute atomic E-state index is 11.0. The van der Waals surface area contributed by atoms with Gasteiger partial charge in [0.05, 0.1) is 0 Å². The maximum Gasteiger partial charge on any atom is 0.340 e. The molecule has 3 rings (SSSR count). The SMILES string of the molecule is O=c1[nH]nc(-c2ccc(N3CCCNCC3)cc2)[nH]1. The van der Waals surface area contributed by atoms with E-state index in [0.29, 0.717) is 5.82 Å². The fraction of sp³-hybridized carbons (Fsp3) is 0.385. The molecule has 0 spiro atoms. The molecule has 1 aromatic carbocycles. The quantitative estimate of drug-likeness (QED) is 0.736. The zero-order valence-corrected chi connectivity index (χ0v) is 10.6. The van der Waals surface area contributed by atoms with Crippen molar-refractivity contribution < 1.29 is 0 Å². The van der Waals surface area contributed by atoms with Crippen LogP contribution in [0.15, 0.2) is 29.1 Å². The third-order valence-corrected chi connectivity index (χ3v) is 3.35. The van der Waals surface area contributed by atoms with Gasteiger partial charge in [-0.15, -0.1) is 0 Å². The lowest BCUT2D eigenvalue weighted by Crippen LogP contribution is -2.27. The van der Waals surface area contributed by atoms with Crippen molar-refractivity contribution >= 4 is 5.69 Å². The maximum atomic E-state index is 11.0. The molecule has 0 saturated carbocycles. The summed E-state index contributed by atoms with van der Waals surface area (Å²) in [5.74, 6) is 0.578. The van der Waals surface area contributed by atoms with E-state index < -0.39 is 0 Å². The highest BCUT2D eigenvalue weighted by Gasteiger charge is 2.10. The summed E-state index contributed by atoms with van der Waals surface area (Å²) in [7, 11) is 0. The van der Waals surface area contributed by atoms with Gasteiger partial charge in [0.15, 0.2) is 5.82 Å². The molecule has 1 fully saturated rings. The summed E-state index contributed by atoms with van der Waals surface area (Å²) < 4.78 is 0. The van der Waals surface area contributed by atoms with Gasteiger partial charge in [-0.2, -0.15) is 5.10 Å². The summed E-state index contributed by atoms with van der Waals surface area (Å²) >= 11 is 0. The van der Waals surface area contributed by atoms with Gasteiger partial charge in [0, 0.05) is 30.9 Å². The van der Waals surface area contributed by atoms with Gasteiger partial charge >= 0.3 is 5.69 Å². The molecule has 1 aliphatic rings. The number of aromatic nitrogens is 3. The van der Waals surface area contributed by atoms with Crippen LogP contribution in [0, 0.1) is 0 Å². The molecule has 6 nitrogen and oxygen atoms in total. The summed E-state index contributed by atoms with van der Waals surface area (Å²) in [6, 6.07) is 8.13. The fourth-order valence-electron chi connectivity index (χ4n) is 2.34. The van der Waals surface area contributed by atoms with E-state index in [-0.39, 0.29) is 5.69 Å². The van der Waals surface area contributed by atoms with Crippen molar-refractivity contribution in [1.29, 1.82) is 0 Å². The van der Waals surface area contributed by atoms with Gasteiger partial charge in [-0.25, -0.2) is 9.89 Å². The Morgan fingerprint density at radius 2 is 1.95 bits per heavy atom. The number of hydrogen-bond acceptors (Lipinski definition) is 4. The smallest absolute Gasteiger partial charge is 0.340 e. The summed E-state index contributed by atoms with van der Waals surface area (Å²) in [6.07, 6.45) is 1.16. The van der Waals surface area contributed by atoms with E-state index in [1.54, 1.807) is 0 Å². The number of nitrogens with one attached hydrogen (secondary N) is 3. The van der Waals surface area contributed by atoms with Crippen molar-refractivity contribution in [2.24, 2.45) is 0 Å². The van der Waals surface area contributed by atoms with Crippen LogP contribution in [0.5, 0.6) is 0 Å². The fourth-order valence-corrected chi connectivity index (χ4v) is 2.34. The summed E-state index contributed by atoms with van der Waals surface area (Å²) in [5.41, 5.74) is 1.85. The number of aromatic amines is 2. The monoisotopic (exact) mass is 259 g/mol. The molecule has 2 aromatic rings. The van der Waals surface area contributed by atoms with Gasteiger partial charge in [-0.05, 0) is 37.2 Å². The van der Waals surface area contributed by atoms with E-state index >= 15 is 0 Å². The molecule has 1 aromatic heterocycles. The lowest BCUT2D eigenvalue weighted by Gasteiger charge is -2.22. The number of benzene rings is 1. The topological polar surface area (TPSA) is 76.8 Å². The molecule has 0 amide bonds. The van der Waals surface area contributed by atoms with Crippen LogP contribution >= 0.6 is 0 Å². The first-order valence-electron chi connectivity index (χ1n) is 6.54. The Labute approximate surface area is 110 Å². The molecule has 19 heavy (non-hydrogen) atoms. The van der Waals surface area contributed by atoms with Gasteiger partial charge in [0.2, 0.25) is 0 Å². The highest BCUT2D eigenvalue weighted by Crippen LogP contribution is 2.20. The second-order valence-corrected chi connectivity index (χ2v) is 4.66. The Hall–Kier alpha value is -2.08. The summed E-state index contributed by atoms with van der Waals surface area (Å²) in [6.45, 7) is 4.21. The zero-order valence-electron chi connectivity index (χ0n) is 10.6. The highest BCUT2D eigenvalue weighted by atomic mass is 16.1. The molecule has 0 bridgehead atoms. The predicted molar refractivity (Wildman–Crippen MR) is 74.3 cm³/mol. The number of rotatable bonds is 2. The Bertz CT molecular complexity index is 578. The Morgan fingerprint density at radius 3 is 2.68 bits per heavy atom. The van der Waals surface area contributed by atoms with Crippen molar-refractivity contribution in [2.45, 2.75) is 6.42 Å². The lowest BCUT2D eigenvalue weighted by molar-refractivity contribution is 0.724. The summed E-state index contributed by atoms with van der Waals surface area (Å²) in [4.78, 5) is 16.1. The summed E-state index contributed by atoms with van der Waals surface area (Å²) in [5, 5.41) is 9.69. The van der Waals surface area contributed by atoms with E-state index in [4.69, 9.17) is 0 Å². The van der Waals surface area contributed by atoms with E-state index in [2.05, 4.69) is 37.5 Å². The minimum Gasteiger partial charge on any atom is -0.370 e. The Balaban J connectivity index is 1.80. The van der Waals surface area contributed by atoms with Crippen LogP contribution < -0.4 is 15.9 Å². The molecule has 0 aliphatic carbocycles. The standard InChI is InChI=1S/C13H17N5O/c19-13-15-12(16-17-13)10-2-4-11(5-3-10)18-8-1-6-14-7-9-18/h2-5,14H,1,6-9H2,(H2,15,16,17,19). The first kappa shape index (κ1) is 12.0. The van der Waals surface area contributed by atoms with E-state index in [1.807, 2.05) is 12.1 Å². The van der Waals surface area contributed by atoms with Crippen LogP contribution in [-0.2, 0) is 0 Å². The van der Waals surface area contributed by atoms with Gasteiger partial charge in [0.1, 0.15) is 0 Å². The van der Waals surface area contributed by atoms with Gasteiger partial charge in [0.25, 0.3) is 0 Å². The lowest BCUT2D eigenvalue weighted by atomic mass is 10.2. The van der Waals surface area contributed by atoms with Gasteiger partial charge in [-0.3, -0.25) is 4.98 Å². The number of H-pyrrole nitrogens is 2. The number of hydrogen-bond donors (Lipinski definition) is 3.